The van der Waals surface area contributed by atoms with Crippen molar-refractivity contribution in [1.29, 1.82) is 0 Å². The van der Waals surface area contributed by atoms with Gasteiger partial charge in [-0.3, -0.25) is 9.59 Å². The van der Waals surface area contributed by atoms with Gasteiger partial charge >= 0.3 is 5.97 Å². The zero-order chi connectivity index (χ0) is 13.5. The summed E-state index contributed by atoms with van der Waals surface area (Å²) in [5.41, 5.74) is 0.521. The summed E-state index contributed by atoms with van der Waals surface area (Å²) in [6.07, 6.45) is 3.90. The zero-order valence-corrected chi connectivity index (χ0v) is 11.2. The number of amides is 1. The van der Waals surface area contributed by atoms with Crippen LogP contribution in [0.1, 0.15) is 23.7 Å². The van der Waals surface area contributed by atoms with E-state index in [1.165, 1.54) is 11.8 Å². The first-order valence-electron chi connectivity index (χ1n) is 5.56. The van der Waals surface area contributed by atoms with Gasteiger partial charge in [-0.25, -0.2) is 4.98 Å². The van der Waals surface area contributed by atoms with Crippen molar-refractivity contribution < 1.29 is 14.7 Å². The summed E-state index contributed by atoms with van der Waals surface area (Å²) >= 11 is 1.40. The molecule has 5 nitrogen and oxygen atoms in total. The molecule has 0 fully saturated rings. The summed E-state index contributed by atoms with van der Waals surface area (Å²) in [5, 5.41) is 12.1. The first-order chi connectivity index (χ1) is 8.56. The van der Waals surface area contributed by atoms with Gasteiger partial charge in [-0.05, 0) is 24.8 Å². The van der Waals surface area contributed by atoms with Gasteiger partial charge < -0.3 is 10.4 Å². The van der Waals surface area contributed by atoms with Gasteiger partial charge in [-0.1, -0.05) is 6.92 Å². The van der Waals surface area contributed by atoms with E-state index in [4.69, 9.17) is 5.11 Å². The molecule has 1 aromatic heterocycles. The Bertz CT molecular complexity index is 437. The summed E-state index contributed by atoms with van der Waals surface area (Å²) in [5.74, 6) is -1.53. The highest BCUT2D eigenvalue weighted by atomic mass is 32.2. The quantitative estimate of drug-likeness (QED) is 0.767. The van der Waals surface area contributed by atoms with Crippen LogP contribution in [0.5, 0.6) is 0 Å². The number of rotatable bonds is 6. The molecule has 0 aliphatic rings. The van der Waals surface area contributed by atoms with Gasteiger partial charge in [0.05, 0.1) is 11.5 Å². The maximum Gasteiger partial charge on any atom is 0.306 e. The molecular weight excluding hydrogens is 252 g/mol. The molecule has 0 saturated carbocycles. The highest BCUT2D eigenvalue weighted by molar-refractivity contribution is 7.98. The molecule has 1 unspecified atom stereocenters. The van der Waals surface area contributed by atoms with E-state index in [1.54, 1.807) is 25.3 Å². The topological polar surface area (TPSA) is 79.3 Å². The molecule has 0 aliphatic heterocycles. The van der Waals surface area contributed by atoms with E-state index in [0.717, 1.165) is 0 Å². The monoisotopic (exact) mass is 268 g/mol. The molecule has 0 spiro atoms. The molecule has 98 valence electrons. The first-order valence-corrected chi connectivity index (χ1v) is 6.78. The average Bonchev–Trinajstić information content (AvgIpc) is 2.38. The number of carboxylic acids is 1. The number of pyridine rings is 1. The Balaban J connectivity index is 2.53. The van der Waals surface area contributed by atoms with Crippen molar-refractivity contribution in [3.05, 3.63) is 23.9 Å². The normalized spacial score (nSPS) is 11.9. The molecule has 1 aromatic rings. The van der Waals surface area contributed by atoms with Gasteiger partial charge in [-0.15, -0.1) is 11.8 Å². The van der Waals surface area contributed by atoms with Crippen LogP contribution in [0.2, 0.25) is 0 Å². The number of nitrogens with zero attached hydrogens (tertiary/aromatic N) is 1. The molecule has 1 rings (SSSR count). The third kappa shape index (κ3) is 4.03. The molecule has 1 amide bonds. The SMILES string of the molecule is CSc1ncccc1C(=O)NCCC(C)C(=O)O. The third-order valence-electron chi connectivity index (χ3n) is 2.49. The van der Waals surface area contributed by atoms with Gasteiger partial charge in [0.1, 0.15) is 5.03 Å². The van der Waals surface area contributed by atoms with Gasteiger partial charge in [0, 0.05) is 12.7 Å². The number of carboxylic acid groups (broad SMARTS) is 1. The van der Waals surface area contributed by atoms with Crippen molar-refractivity contribution in [1.82, 2.24) is 10.3 Å². The molecule has 1 atom stereocenters. The molecule has 6 heteroatoms. The van der Waals surface area contributed by atoms with Crippen molar-refractivity contribution in [2.45, 2.75) is 18.4 Å². The molecule has 1 heterocycles. The van der Waals surface area contributed by atoms with E-state index in [1.807, 2.05) is 6.26 Å². The molecule has 0 saturated heterocycles. The van der Waals surface area contributed by atoms with E-state index in [9.17, 15) is 9.59 Å². The summed E-state index contributed by atoms with van der Waals surface area (Å²) in [7, 11) is 0. The second-order valence-corrected chi connectivity index (χ2v) is 4.64. The predicted molar refractivity (Wildman–Crippen MR) is 69.8 cm³/mol. The molecule has 0 bridgehead atoms. The fraction of sp³-hybridized carbons (Fsp3) is 0.417. The molecule has 0 radical (unpaired) electrons. The van der Waals surface area contributed by atoms with Gasteiger partial charge in [0.25, 0.3) is 5.91 Å². The summed E-state index contributed by atoms with van der Waals surface area (Å²) in [6.45, 7) is 1.96. The van der Waals surface area contributed by atoms with Gasteiger partial charge in [0.2, 0.25) is 0 Å². The lowest BCUT2D eigenvalue weighted by Gasteiger charge is -2.09. The van der Waals surface area contributed by atoms with Crippen LogP contribution in [-0.4, -0.2) is 34.8 Å². The van der Waals surface area contributed by atoms with Crippen LogP contribution < -0.4 is 5.32 Å². The fourth-order valence-corrected chi connectivity index (χ4v) is 1.89. The Kier molecular flexibility index (Phi) is 5.64. The minimum atomic E-state index is -0.851. The number of aliphatic carboxylic acids is 1. The summed E-state index contributed by atoms with van der Waals surface area (Å²) in [4.78, 5) is 26.6. The van der Waals surface area contributed by atoms with E-state index in [-0.39, 0.29) is 5.91 Å². The maximum atomic E-state index is 11.9. The van der Waals surface area contributed by atoms with Crippen LogP contribution >= 0.6 is 11.8 Å². The number of aromatic nitrogens is 1. The molecule has 0 aromatic carbocycles. The zero-order valence-electron chi connectivity index (χ0n) is 10.3. The minimum Gasteiger partial charge on any atom is -0.481 e. The molecule has 18 heavy (non-hydrogen) atoms. The van der Waals surface area contributed by atoms with Crippen molar-refractivity contribution in [2.75, 3.05) is 12.8 Å². The number of thioether (sulfide) groups is 1. The Labute approximate surface area is 110 Å². The van der Waals surface area contributed by atoms with Crippen LogP contribution in [0.3, 0.4) is 0 Å². The number of hydrogen-bond donors (Lipinski definition) is 2. The summed E-state index contributed by atoms with van der Waals surface area (Å²) in [6, 6.07) is 3.41. The maximum absolute atomic E-state index is 11.9. The van der Waals surface area contributed by atoms with Crippen molar-refractivity contribution in [3.8, 4) is 0 Å². The van der Waals surface area contributed by atoms with Gasteiger partial charge in [0.15, 0.2) is 0 Å². The van der Waals surface area contributed by atoms with Gasteiger partial charge in [-0.2, -0.15) is 0 Å². The van der Waals surface area contributed by atoms with Crippen LogP contribution in [0, 0.1) is 5.92 Å². The molecule has 2 N–H and O–H groups in total. The lowest BCUT2D eigenvalue weighted by Crippen LogP contribution is -2.27. The number of carbonyl (C=O) groups is 2. The van der Waals surface area contributed by atoms with Crippen molar-refractivity contribution in [2.24, 2.45) is 5.92 Å². The summed E-state index contributed by atoms with van der Waals surface area (Å²) < 4.78 is 0. The third-order valence-corrected chi connectivity index (χ3v) is 3.21. The highest BCUT2D eigenvalue weighted by Gasteiger charge is 2.13. The average molecular weight is 268 g/mol. The van der Waals surface area contributed by atoms with E-state index >= 15 is 0 Å². The minimum absolute atomic E-state index is 0.218. The smallest absolute Gasteiger partial charge is 0.306 e. The van der Waals surface area contributed by atoms with E-state index in [2.05, 4.69) is 10.3 Å². The lowest BCUT2D eigenvalue weighted by atomic mass is 10.1. The number of nitrogens with one attached hydrogen (secondary N) is 1. The fourth-order valence-electron chi connectivity index (χ4n) is 1.35. The predicted octanol–water partition coefficient (Wildman–Crippen LogP) is 1.64. The Morgan fingerprint density at radius 2 is 2.28 bits per heavy atom. The Hall–Kier alpha value is -1.56. The van der Waals surface area contributed by atoms with Crippen LogP contribution in [0.25, 0.3) is 0 Å². The second kappa shape index (κ2) is 7.00. The largest absolute Gasteiger partial charge is 0.481 e. The van der Waals surface area contributed by atoms with Crippen LogP contribution in [0.4, 0.5) is 0 Å². The van der Waals surface area contributed by atoms with Crippen molar-refractivity contribution >= 4 is 23.6 Å². The van der Waals surface area contributed by atoms with E-state index < -0.39 is 11.9 Å². The highest BCUT2D eigenvalue weighted by Crippen LogP contribution is 2.16. The van der Waals surface area contributed by atoms with E-state index in [0.29, 0.717) is 23.6 Å². The Morgan fingerprint density at radius 3 is 2.89 bits per heavy atom. The number of carbonyl (C=O) groups excluding carboxylic acids is 1. The Morgan fingerprint density at radius 1 is 1.56 bits per heavy atom. The first kappa shape index (κ1) is 14.5. The van der Waals surface area contributed by atoms with Crippen molar-refractivity contribution in [3.63, 3.8) is 0 Å². The van der Waals surface area contributed by atoms with Crippen LogP contribution in [-0.2, 0) is 4.79 Å². The standard InChI is InChI=1S/C12H16N2O3S/c1-8(12(16)17)5-7-13-10(15)9-4-3-6-14-11(9)18-2/h3-4,6,8H,5,7H2,1-2H3,(H,13,15)(H,16,17). The van der Waals surface area contributed by atoms with Crippen LogP contribution in [0.15, 0.2) is 23.4 Å². The lowest BCUT2D eigenvalue weighted by molar-refractivity contribution is -0.141. The number of hydrogen-bond acceptors (Lipinski definition) is 4. The second-order valence-electron chi connectivity index (χ2n) is 3.84. The molecule has 0 aliphatic carbocycles. The molecular formula is C12H16N2O3S.